The molecule has 3 aromatic rings. The standard InChI is InChI=1S/C16H14FNO3S.C2H6/c1-9-11(6-16(20)21)12-5-15(19)13(17)7-14(12)18(9)8-10-3-2-4-22-10;1-2/h2-5,7,19H,6,8H2,1H3,(H,20,21);1-2H3. The van der Waals surface area contributed by atoms with Crippen LogP contribution < -0.4 is 0 Å². The Bertz CT molecular complexity index is 853. The van der Waals surface area contributed by atoms with Crippen LogP contribution in [0.5, 0.6) is 5.75 Å². The van der Waals surface area contributed by atoms with E-state index in [1.807, 2.05) is 42.9 Å². The maximum absolute atomic E-state index is 13.7. The van der Waals surface area contributed by atoms with Crippen molar-refractivity contribution in [3.05, 3.63) is 51.6 Å². The van der Waals surface area contributed by atoms with Crippen LogP contribution in [-0.2, 0) is 17.8 Å². The Morgan fingerprint density at radius 1 is 1.33 bits per heavy atom. The number of fused-ring (bicyclic) bond motifs is 1. The van der Waals surface area contributed by atoms with Gasteiger partial charge in [0.05, 0.1) is 18.5 Å². The minimum absolute atomic E-state index is 0.162. The van der Waals surface area contributed by atoms with E-state index < -0.39 is 17.5 Å². The number of nitrogens with zero attached hydrogens (tertiary/aromatic N) is 1. The van der Waals surface area contributed by atoms with Gasteiger partial charge in [-0.05, 0) is 30.0 Å². The van der Waals surface area contributed by atoms with Gasteiger partial charge < -0.3 is 14.8 Å². The smallest absolute Gasteiger partial charge is 0.307 e. The van der Waals surface area contributed by atoms with Crippen molar-refractivity contribution in [2.75, 3.05) is 0 Å². The van der Waals surface area contributed by atoms with Crippen LogP contribution in [0.4, 0.5) is 4.39 Å². The Labute approximate surface area is 143 Å². The van der Waals surface area contributed by atoms with Crippen LogP contribution >= 0.6 is 11.3 Å². The summed E-state index contributed by atoms with van der Waals surface area (Å²) in [7, 11) is 0. The molecule has 24 heavy (non-hydrogen) atoms. The van der Waals surface area contributed by atoms with Crippen LogP contribution in [0.25, 0.3) is 10.9 Å². The number of benzene rings is 1. The predicted octanol–water partition coefficient (Wildman–Crippen LogP) is 4.56. The van der Waals surface area contributed by atoms with E-state index in [0.29, 0.717) is 23.0 Å². The molecular formula is C18H20FNO3S. The molecule has 3 rings (SSSR count). The number of thiophene rings is 1. The highest BCUT2D eigenvalue weighted by Crippen LogP contribution is 2.32. The number of phenols is 1. The fourth-order valence-corrected chi connectivity index (χ4v) is 3.38. The molecule has 0 fully saturated rings. The van der Waals surface area contributed by atoms with Crippen LogP contribution in [0.3, 0.4) is 0 Å². The van der Waals surface area contributed by atoms with Crippen molar-refractivity contribution in [2.24, 2.45) is 0 Å². The van der Waals surface area contributed by atoms with Gasteiger partial charge >= 0.3 is 5.97 Å². The number of hydrogen-bond donors (Lipinski definition) is 2. The number of carboxylic acids is 1. The molecular weight excluding hydrogens is 329 g/mol. The van der Waals surface area contributed by atoms with Gasteiger partial charge in [0.15, 0.2) is 11.6 Å². The first-order valence-electron chi connectivity index (χ1n) is 7.71. The van der Waals surface area contributed by atoms with Gasteiger partial charge in [-0.15, -0.1) is 11.3 Å². The zero-order valence-corrected chi connectivity index (χ0v) is 14.7. The molecule has 0 saturated carbocycles. The fraction of sp³-hybridized carbons (Fsp3) is 0.278. The average Bonchev–Trinajstić information content (AvgIpc) is 3.14. The molecule has 0 aliphatic rings. The average molecular weight is 349 g/mol. The van der Waals surface area contributed by atoms with Crippen LogP contribution in [-0.4, -0.2) is 20.7 Å². The number of phenolic OH excluding ortho intramolecular Hbond substituents is 1. The minimum atomic E-state index is -0.956. The van der Waals surface area contributed by atoms with E-state index in [1.54, 1.807) is 11.3 Å². The van der Waals surface area contributed by atoms with E-state index in [9.17, 15) is 14.3 Å². The third kappa shape index (κ3) is 3.43. The highest BCUT2D eigenvalue weighted by Gasteiger charge is 2.19. The summed E-state index contributed by atoms with van der Waals surface area (Å²) in [6, 6.07) is 6.48. The number of aromatic hydroxyl groups is 1. The van der Waals surface area contributed by atoms with Gasteiger partial charge in [0.25, 0.3) is 0 Å². The number of carbonyl (C=O) groups is 1. The van der Waals surface area contributed by atoms with Gasteiger partial charge in [0, 0.05) is 22.0 Å². The van der Waals surface area contributed by atoms with E-state index in [0.717, 1.165) is 10.6 Å². The van der Waals surface area contributed by atoms with Crippen molar-refractivity contribution in [2.45, 2.75) is 33.7 Å². The number of aliphatic carboxylic acids is 1. The molecule has 2 heterocycles. The first kappa shape index (κ1) is 18.0. The van der Waals surface area contributed by atoms with Crippen LogP contribution in [0.1, 0.15) is 30.0 Å². The summed E-state index contributed by atoms with van der Waals surface area (Å²) in [6.45, 7) is 6.37. The molecule has 4 nitrogen and oxygen atoms in total. The molecule has 0 radical (unpaired) electrons. The molecule has 0 aliphatic heterocycles. The van der Waals surface area contributed by atoms with Gasteiger partial charge in [-0.3, -0.25) is 4.79 Å². The van der Waals surface area contributed by atoms with E-state index in [4.69, 9.17) is 5.11 Å². The largest absolute Gasteiger partial charge is 0.505 e. The summed E-state index contributed by atoms with van der Waals surface area (Å²) in [4.78, 5) is 12.2. The first-order chi connectivity index (χ1) is 11.5. The second kappa shape index (κ2) is 7.49. The molecule has 0 bridgehead atoms. The lowest BCUT2D eigenvalue weighted by molar-refractivity contribution is -0.136. The second-order valence-electron chi connectivity index (χ2n) is 5.12. The number of hydrogen-bond acceptors (Lipinski definition) is 3. The molecule has 0 amide bonds. The van der Waals surface area contributed by atoms with Crippen molar-refractivity contribution >= 4 is 28.2 Å². The molecule has 6 heteroatoms. The first-order valence-corrected chi connectivity index (χ1v) is 8.59. The lowest BCUT2D eigenvalue weighted by atomic mass is 10.1. The quantitative estimate of drug-likeness (QED) is 0.726. The molecule has 0 saturated heterocycles. The Morgan fingerprint density at radius 2 is 2.04 bits per heavy atom. The van der Waals surface area contributed by atoms with E-state index in [1.165, 1.54) is 12.1 Å². The summed E-state index contributed by atoms with van der Waals surface area (Å²) in [5.41, 5.74) is 1.97. The lowest BCUT2D eigenvalue weighted by Crippen LogP contribution is -2.04. The minimum Gasteiger partial charge on any atom is -0.505 e. The van der Waals surface area contributed by atoms with Gasteiger partial charge in [0.1, 0.15) is 0 Å². The maximum atomic E-state index is 13.7. The number of aromatic nitrogens is 1. The van der Waals surface area contributed by atoms with Crippen molar-refractivity contribution in [1.29, 1.82) is 0 Å². The molecule has 0 spiro atoms. The molecule has 0 unspecified atom stereocenters. The maximum Gasteiger partial charge on any atom is 0.307 e. The number of rotatable bonds is 4. The van der Waals surface area contributed by atoms with Crippen molar-refractivity contribution < 1.29 is 19.4 Å². The molecule has 1 aromatic carbocycles. The molecule has 128 valence electrons. The molecule has 2 N–H and O–H groups in total. The van der Waals surface area contributed by atoms with Gasteiger partial charge in [0.2, 0.25) is 0 Å². The highest BCUT2D eigenvalue weighted by molar-refractivity contribution is 7.09. The Morgan fingerprint density at radius 3 is 2.62 bits per heavy atom. The van der Waals surface area contributed by atoms with Crippen LogP contribution in [0, 0.1) is 12.7 Å². The third-order valence-electron chi connectivity index (χ3n) is 3.74. The fourth-order valence-electron chi connectivity index (χ4n) is 2.69. The van der Waals surface area contributed by atoms with Gasteiger partial charge in [-0.1, -0.05) is 19.9 Å². The van der Waals surface area contributed by atoms with E-state index in [-0.39, 0.29) is 6.42 Å². The van der Waals surface area contributed by atoms with Crippen LogP contribution in [0.2, 0.25) is 0 Å². The zero-order valence-electron chi connectivity index (χ0n) is 13.8. The summed E-state index contributed by atoms with van der Waals surface area (Å²) in [5.74, 6) is -2.13. The summed E-state index contributed by atoms with van der Waals surface area (Å²) in [5, 5.41) is 21.2. The lowest BCUT2D eigenvalue weighted by Gasteiger charge is -2.07. The Balaban J connectivity index is 0.00000100. The molecule has 0 aliphatic carbocycles. The molecule has 2 aromatic heterocycles. The third-order valence-corrected chi connectivity index (χ3v) is 4.61. The summed E-state index contributed by atoms with van der Waals surface area (Å²) in [6.07, 6.45) is -0.162. The van der Waals surface area contributed by atoms with E-state index >= 15 is 0 Å². The Hall–Kier alpha value is -2.34. The highest BCUT2D eigenvalue weighted by atomic mass is 32.1. The van der Waals surface area contributed by atoms with Gasteiger partial charge in [-0.25, -0.2) is 4.39 Å². The summed E-state index contributed by atoms with van der Waals surface area (Å²) >= 11 is 1.59. The van der Waals surface area contributed by atoms with Crippen molar-refractivity contribution in [3.8, 4) is 5.75 Å². The normalized spacial score (nSPS) is 10.5. The second-order valence-corrected chi connectivity index (χ2v) is 6.15. The van der Waals surface area contributed by atoms with Gasteiger partial charge in [-0.2, -0.15) is 0 Å². The summed E-state index contributed by atoms with van der Waals surface area (Å²) < 4.78 is 15.6. The monoisotopic (exact) mass is 349 g/mol. The topological polar surface area (TPSA) is 62.5 Å². The Kier molecular flexibility index (Phi) is 5.62. The molecule has 0 atom stereocenters. The van der Waals surface area contributed by atoms with Crippen molar-refractivity contribution in [1.82, 2.24) is 4.57 Å². The van der Waals surface area contributed by atoms with E-state index in [2.05, 4.69) is 0 Å². The SMILES string of the molecule is CC.Cc1c(CC(=O)O)c2cc(O)c(F)cc2n1Cc1cccs1. The number of halogens is 1. The zero-order chi connectivity index (χ0) is 17.9. The number of carboxylic acid groups (broad SMARTS) is 1. The van der Waals surface area contributed by atoms with Crippen molar-refractivity contribution in [3.63, 3.8) is 0 Å². The predicted molar refractivity (Wildman–Crippen MR) is 94.4 cm³/mol. The van der Waals surface area contributed by atoms with Crippen LogP contribution in [0.15, 0.2) is 29.6 Å².